The molecule has 0 amide bonds. The molecule has 1 atom stereocenters. The lowest BCUT2D eigenvalue weighted by atomic mass is 10.3. The normalized spacial score (nSPS) is 13.1. The van der Waals surface area contributed by atoms with Gasteiger partial charge in [0, 0.05) is 12.9 Å². The summed E-state index contributed by atoms with van der Waals surface area (Å²) in [6, 6.07) is 7.59. The Kier molecular flexibility index (Phi) is 3.82. The standard InChI is InChI=1S/C11H13NO3S/c1-14-6-8(13)7-16-11-12-9-4-2-3-5-10(9)15-11/h2-5,8,13H,6-7H2,1H3/t8-/m0/s1. The molecule has 1 heterocycles. The van der Waals surface area contributed by atoms with E-state index in [2.05, 4.69) is 4.98 Å². The van der Waals surface area contributed by atoms with E-state index in [1.807, 2.05) is 24.3 Å². The first-order valence-electron chi connectivity index (χ1n) is 4.95. The van der Waals surface area contributed by atoms with Crippen LogP contribution in [0.2, 0.25) is 0 Å². The van der Waals surface area contributed by atoms with E-state index < -0.39 is 6.10 Å². The quantitative estimate of drug-likeness (QED) is 0.808. The van der Waals surface area contributed by atoms with Gasteiger partial charge in [0.15, 0.2) is 5.58 Å². The van der Waals surface area contributed by atoms with Crippen molar-refractivity contribution in [1.82, 2.24) is 4.98 Å². The number of hydrogen-bond donors (Lipinski definition) is 1. The van der Waals surface area contributed by atoms with E-state index in [-0.39, 0.29) is 0 Å². The Morgan fingerprint density at radius 2 is 2.31 bits per heavy atom. The third-order valence-electron chi connectivity index (χ3n) is 2.03. The lowest BCUT2D eigenvalue weighted by molar-refractivity contribution is 0.0793. The molecule has 0 aliphatic carbocycles. The van der Waals surface area contributed by atoms with E-state index in [4.69, 9.17) is 9.15 Å². The predicted octanol–water partition coefficient (Wildman–Crippen LogP) is 1.93. The van der Waals surface area contributed by atoms with Crippen LogP contribution in [0.1, 0.15) is 0 Å². The van der Waals surface area contributed by atoms with E-state index in [9.17, 15) is 5.11 Å². The van der Waals surface area contributed by atoms with Crippen molar-refractivity contribution in [3.8, 4) is 0 Å². The van der Waals surface area contributed by atoms with E-state index in [1.165, 1.54) is 11.8 Å². The molecule has 86 valence electrons. The van der Waals surface area contributed by atoms with Crippen LogP contribution in [0, 0.1) is 0 Å². The van der Waals surface area contributed by atoms with Crippen LogP contribution in [0.15, 0.2) is 33.9 Å². The molecule has 5 heteroatoms. The average molecular weight is 239 g/mol. The minimum atomic E-state index is -0.495. The van der Waals surface area contributed by atoms with Crippen LogP contribution in [0.5, 0.6) is 0 Å². The maximum Gasteiger partial charge on any atom is 0.256 e. The van der Waals surface area contributed by atoms with Gasteiger partial charge in [0.1, 0.15) is 5.52 Å². The number of ether oxygens (including phenoxy) is 1. The van der Waals surface area contributed by atoms with Crippen LogP contribution < -0.4 is 0 Å². The number of nitrogens with zero attached hydrogens (tertiary/aromatic N) is 1. The van der Waals surface area contributed by atoms with Gasteiger partial charge in [0.05, 0.1) is 12.7 Å². The number of para-hydroxylation sites is 2. The van der Waals surface area contributed by atoms with E-state index in [0.717, 1.165) is 11.1 Å². The van der Waals surface area contributed by atoms with Crippen molar-refractivity contribution >= 4 is 22.9 Å². The van der Waals surface area contributed by atoms with Crippen LogP contribution in [0.3, 0.4) is 0 Å². The van der Waals surface area contributed by atoms with Gasteiger partial charge in [-0.15, -0.1) is 0 Å². The first kappa shape index (κ1) is 11.4. The molecule has 0 aliphatic rings. The Bertz CT molecular complexity index is 424. The summed E-state index contributed by atoms with van der Waals surface area (Å²) in [6.07, 6.45) is -0.495. The number of aliphatic hydroxyl groups excluding tert-OH is 1. The fraction of sp³-hybridized carbons (Fsp3) is 0.364. The number of fused-ring (bicyclic) bond motifs is 1. The van der Waals surface area contributed by atoms with Gasteiger partial charge in [-0.3, -0.25) is 0 Å². The summed E-state index contributed by atoms with van der Waals surface area (Å²) in [6.45, 7) is 0.327. The number of hydrogen-bond acceptors (Lipinski definition) is 5. The highest BCUT2D eigenvalue weighted by Crippen LogP contribution is 2.23. The van der Waals surface area contributed by atoms with Crippen molar-refractivity contribution < 1.29 is 14.3 Å². The van der Waals surface area contributed by atoms with Crippen LogP contribution in [-0.2, 0) is 4.74 Å². The van der Waals surface area contributed by atoms with Crippen molar-refractivity contribution in [2.75, 3.05) is 19.5 Å². The van der Waals surface area contributed by atoms with Gasteiger partial charge in [0.2, 0.25) is 0 Å². The van der Waals surface area contributed by atoms with Gasteiger partial charge in [0.25, 0.3) is 5.22 Å². The fourth-order valence-corrected chi connectivity index (χ4v) is 2.06. The number of methoxy groups -OCH3 is 1. The second-order valence-corrected chi connectivity index (χ2v) is 4.34. The Morgan fingerprint density at radius 1 is 1.50 bits per heavy atom. The van der Waals surface area contributed by atoms with Gasteiger partial charge < -0.3 is 14.3 Å². The zero-order valence-corrected chi connectivity index (χ0v) is 9.74. The lowest BCUT2D eigenvalue weighted by Gasteiger charge is -2.05. The monoisotopic (exact) mass is 239 g/mol. The van der Waals surface area contributed by atoms with Crippen molar-refractivity contribution in [1.29, 1.82) is 0 Å². The molecule has 2 rings (SSSR count). The van der Waals surface area contributed by atoms with Crippen molar-refractivity contribution in [2.45, 2.75) is 11.3 Å². The molecular weight excluding hydrogens is 226 g/mol. The van der Waals surface area contributed by atoms with Crippen LogP contribution >= 0.6 is 11.8 Å². The number of benzene rings is 1. The second kappa shape index (κ2) is 5.34. The molecule has 0 bridgehead atoms. The SMILES string of the molecule is COC[C@H](O)CSc1nc2ccccc2o1. The number of rotatable bonds is 5. The Labute approximate surface area is 97.6 Å². The molecule has 0 spiro atoms. The molecule has 0 saturated carbocycles. The summed E-state index contributed by atoms with van der Waals surface area (Å²) in [5.74, 6) is 0.515. The number of oxazole rings is 1. The topological polar surface area (TPSA) is 55.5 Å². The molecule has 4 nitrogen and oxygen atoms in total. The maximum atomic E-state index is 9.47. The summed E-state index contributed by atoms with van der Waals surface area (Å²) >= 11 is 1.39. The Morgan fingerprint density at radius 3 is 3.06 bits per heavy atom. The van der Waals surface area contributed by atoms with Crippen LogP contribution in [0.25, 0.3) is 11.1 Å². The highest BCUT2D eigenvalue weighted by Gasteiger charge is 2.09. The molecule has 0 unspecified atom stereocenters. The largest absolute Gasteiger partial charge is 0.431 e. The molecular formula is C11H13NO3S. The summed E-state index contributed by atoms with van der Waals surface area (Å²) in [5.41, 5.74) is 1.61. The lowest BCUT2D eigenvalue weighted by Crippen LogP contribution is -2.16. The minimum absolute atomic E-state index is 0.327. The third kappa shape index (κ3) is 2.75. The Hall–Kier alpha value is -1.04. The average Bonchev–Trinajstić information content (AvgIpc) is 2.69. The van der Waals surface area contributed by atoms with Gasteiger partial charge in [-0.25, -0.2) is 4.98 Å². The van der Waals surface area contributed by atoms with E-state index >= 15 is 0 Å². The summed E-state index contributed by atoms with van der Waals surface area (Å²) < 4.78 is 10.3. The molecule has 2 aromatic rings. The second-order valence-electron chi connectivity index (χ2n) is 3.37. The summed E-state index contributed by atoms with van der Waals surface area (Å²) in [5, 5.41) is 10.1. The highest BCUT2D eigenvalue weighted by molar-refractivity contribution is 7.99. The highest BCUT2D eigenvalue weighted by atomic mass is 32.2. The third-order valence-corrected chi connectivity index (χ3v) is 3.01. The maximum absolute atomic E-state index is 9.47. The molecule has 1 aromatic carbocycles. The molecule has 1 N–H and O–H groups in total. The van der Waals surface area contributed by atoms with Crippen molar-refractivity contribution in [2.24, 2.45) is 0 Å². The first-order chi connectivity index (χ1) is 7.79. The van der Waals surface area contributed by atoms with Crippen LogP contribution in [0.4, 0.5) is 0 Å². The zero-order chi connectivity index (χ0) is 11.4. The summed E-state index contributed by atoms with van der Waals surface area (Å²) in [4.78, 5) is 4.29. The molecule has 0 fully saturated rings. The molecule has 0 aliphatic heterocycles. The van der Waals surface area contributed by atoms with Gasteiger partial charge in [-0.05, 0) is 12.1 Å². The first-order valence-corrected chi connectivity index (χ1v) is 5.93. The Balaban J connectivity index is 1.99. The summed E-state index contributed by atoms with van der Waals surface area (Å²) in [7, 11) is 1.56. The molecule has 0 saturated heterocycles. The fourth-order valence-electron chi connectivity index (χ4n) is 1.32. The smallest absolute Gasteiger partial charge is 0.256 e. The minimum Gasteiger partial charge on any atom is -0.431 e. The number of aromatic nitrogens is 1. The molecule has 1 aromatic heterocycles. The number of aliphatic hydroxyl groups is 1. The van der Waals surface area contributed by atoms with Crippen molar-refractivity contribution in [3.63, 3.8) is 0 Å². The molecule has 16 heavy (non-hydrogen) atoms. The number of thioether (sulfide) groups is 1. The van der Waals surface area contributed by atoms with E-state index in [1.54, 1.807) is 7.11 Å². The van der Waals surface area contributed by atoms with Gasteiger partial charge in [-0.1, -0.05) is 23.9 Å². The van der Waals surface area contributed by atoms with Crippen molar-refractivity contribution in [3.05, 3.63) is 24.3 Å². The molecule has 0 radical (unpaired) electrons. The van der Waals surface area contributed by atoms with Gasteiger partial charge >= 0.3 is 0 Å². The predicted molar refractivity (Wildman–Crippen MR) is 62.6 cm³/mol. The zero-order valence-electron chi connectivity index (χ0n) is 8.92. The van der Waals surface area contributed by atoms with E-state index in [0.29, 0.717) is 17.6 Å². The van der Waals surface area contributed by atoms with Crippen LogP contribution in [-0.4, -0.2) is 35.7 Å². The van der Waals surface area contributed by atoms with Gasteiger partial charge in [-0.2, -0.15) is 0 Å².